The van der Waals surface area contributed by atoms with Crippen LogP contribution < -0.4 is 0 Å². The minimum absolute atomic E-state index is 0.135. The quantitative estimate of drug-likeness (QED) is 0.118. The minimum Gasteiger partial charge on any atom is -0.465 e. The molecule has 0 aromatic heterocycles. The van der Waals surface area contributed by atoms with Crippen LogP contribution in [0.2, 0.25) is 0 Å². The van der Waals surface area contributed by atoms with E-state index in [-0.39, 0.29) is 19.8 Å². The van der Waals surface area contributed by atoms with Gasteiger partial charge in [-0.05, 0) is 27.2 Å². The van der Waals surface area contributed by atoms with Crippen molar-refractivity contribution in [2.75, 3.05) is 54.1 Å². The zero-order chi connectivity index (χ0) is 28.6. The molecule has 12 nitrogen and oxygen atoms in total. The van der Waals surface area contributed by atoms with Gasteiger partial charge in [-0.15, -0.1) is 0 Å². The molecule has 0 saturated heterocycles. The number of nitrogens with zero attached hydrogens (tertiary/aromatic N) is 1. The molecule has 0 radical (unpaired) electrons. The van der Waals surface area contributed by atoms with Crippen LogP contribution >= 0.6 is 0 Å². The normalized spacial score (nSPS) is 14.4. The van der Waals surface area contributed by atoms with Crippen molar-refractivity contribution >= 4 is 30.0 Å². The molecule has 214 valence electrons. The molecule has 12 heteroatoms. The molecule has 0 amide bonds. The number of carbonyl (C=O) groups is 5. The van der Waals surface area contributed by atoms with Crippen molar-refractivity contribution in [3.63, 3.8) is 0 Å². The van der Waals surface area contributed by atoms with Gasteiger partial charge in [-0.1, -0.05) is 19.8 Å². The Kier molecular flexibility index (Phi) is 15.5. The second-order valence-corrected chi connectivity index (χ2v) is 10.1. The van der Waals surface area contributed by atoms with Crippen LogP contribution in [0.4, 0.5) is 4.79 Å². The van der Waals surface area contributed by atoms with Crippen LogP contribution in [0, 0.1) is 5.41 Å². The lowest BCUT2D eigenvalue weighted by atomic mass is 9.93. The van der Waals surface area contributed by atoms with Gasteiger partial charge in [-0.25, -0.2) is 14.4 Å². The predicted octanol–water partition coefficient (Wildman–Crippen LogP) is 2.40. The molecule has 0 fully saturated rings. The summed E-state index contributed by atoms with van der Waals surface area (Å²) in [7, 11) is 6.01. The zero-order valence-corrected chi connectivity index (χ0v) is 23.5. The Labute approximate surface area is 219 Å². The topological polar surface area (TPSA) is 141 Å². The van der Waals surface area contributed by atoms with Crippen LogP contribution in [-0.2, 0) is 47.6 Å². The highest BCUT2D eigenvalue weighted by Gasteiger charge is 2.39. The van der Waals surface area contributed by atoms with Crippen LogP contribution in [0.5, 0.6) is 0 Å². The second-order valence-electron chi connectivity index (χ2n) is 10.1. The Balaban J connectivity index is 4.80. The molecule has 0 rings (SSSR count). The van der Waals surface area contributed by atoms with Gasteiger partial charge in [0.1, 0.15) is 18.6 Å². The van der Waals surface area contributed by atoms with E-state index in [4.69, 9.17) is 28.4 Å². The number of ether oxygens (including phenoxy) is 6. The van der Waals surface area contributed by atoms with Gasteiger partial charge in [0.15, 0.2) is 12.2 Å². The third kappa shape index (κ3) is 15.7. The number of quaternary nitrogens is 1. The fourth-order valence-corrected chi connectivity index (χ4v) is 2.70. The zero-order valence-electron chi connectivity index (χ0n) is 23.5. The monoisotopic (exact) mass is 534 g/mol. The van der Waals surface area contributed by atoms with Crippen molar-refractivity contribution in [3.05, 3.63) is 0 Å². The summed E-state index contributed by atoms with van der Waals surface area (Å²) in [5.41, 5.74) is -1.50. The van der Waals surface area contributed by atoms with Gasteiger partial charge in [-0.3, -0.25) is 9.59 Å². The Bertz CT molecular complexity index is 762. The van der Waals surface area contributed by atoms with Crippen LogP contribution in [-0.4, -0.2) is 101 Å². The summed E-state index contributed by atoms with van der Waals surface area (Å²) in [5.74, 6) is -3.03. The van der Waals surface area contributed by atoms with Gasteiger partial charge in [0.05, 0.1) is 40.9 Å². The Morgan fingerprint density at radius 1 is 0.757 bits per heavy atom. The first-order valence-corrected chi connectivity index (χ1v) is 12.4. The van der Waals surface area contributed by atoms with Crippen LogP contribution in [0.1, 0.15) is 60.3 Å². The molecule has 3 atom stereocenters. The van der Waals surface area contributed by atoms with E-state index in [2.05, 4.69) is 0 Å². The number of esters is 4. The molecule has 0 heterocycles. The van der Waals surface area contributed by atoms with Crippen LogP contribution in [0.25, 0.3) is 0 Å². The fourth-order valence-electron chi connectivity index (χ4n) is 2.70. The van der Waals surface area contributed by atoms with Gasteiger partial charge < -0.3 is 32.9 Å². The Morgan fingerprint density at radius 3 is 1.89 bits per heavy atom. The largest absolute Gasteiger partial charge is 0.509 e. The first kappa shape index (κ1) is 34.1. The summed E-state index contributed by atoms with van der Waals surface area (Å²) in [4.78, 5) is 60.2. The van der Waals surface area contributed by atoms with E-state index in [1.165, 1.54) is 27.7 Å². The third-order valence-corrected chi connectivity index (χ3v) is 5.02. The average molecular weight is 535 g/mol. The first-order valence-electron chi connectivity index (χ1n) is 12.4. The van der Waals surface area contributed by atoms with Gasteiger partial charge in [0.25, 0.3) is 0 Å². The molecule has 0 aliphatic heterocycles. The SMILES string of the molecule is CCCCCOC(=O)C(C)OC(=O)C(C)OC(=O)OCC(C)(COC(C)=O)C(=O)OCCC[N+](C)(C)C. The highest BCUT2D eigenvalue weighted by atomic mass is 16.7. The number of unbranched alkanes of at least 4 members (excludes halogenated alkanes) is 2. The highest BCUT2D eigenvalue weighted by Crippen LogP contribution is 2.21. The van der Waals surface area contributed by atoms with Crippen LogP contribution in [0.3, 0.4) is 0 Å². The Hall–Kier alpha value is -2.89. The predicted molar refractivity (Wildman–Crippen MR) is 131 cm³/mol. The summed E-state index contributed by atoms with van der Waals surface area (Å²) in [6.07, 6.45) is -0.664. The van der Waals surface area contributed by atoms with Crippen LogP contribution in [0.15, 0.2) is 0 Å². The standard InChI is InChI=1S/C25H44NO11/c1-9-10-11-14-32-21(28)18(2)36-22(29)19(3)37-24(31)35-17-25(5,16-34-20(4)27)23(30)33-15-12-13-26(6,7)8/h18-19H,9-17H2,1-8H3/q+1. The second kappa shape index (κ2) is 16.8. The lowest BCUT2D eigenvalue weighted by Crippen LogP contribution is -2.41. The average Bonchev–Trinajstić information content (AvgIpc) is 2.80. The fraction of sp³-hybridized carbons (Fsp3) is 0.800. The molecule has 37 heavy (non-hydrogen) atoms. The van der Waals surface area contributed by atoms with Crippen molar-refractivity contribution in [3.8, 4) is 0 Å². The van der Waals surface area contributed by atoms with Crippen molar-refractivity contribution in [1.82, 2.24) is 0 Å². The Morgan fingerprint density at radius 2 is 1.32 bits per heavy atom. The van der Waals surface area contributed by atoms with E-state index in [0.29, 0.717) is 17.3 Å². The number of carbonyl (C=O) groups excluding carboxylic acids is 5. The maximum absolute atomic E-state index is 12.7. The van der Waals surface area contributed by atoms with E-state index in [9.17, 15) is 24.0 Å². The molecule has 3 unspecified atom stereocenters. The summed E-state index contributed by atoms with van der Waals surface area (Å²) in [6, 6.07) is 0. The maximum atomic E-state index is 12.7. The molecular formula is C25H44NO11+. The van der Waals surface area contributed by atoms with Crippen molar-refractivity contribution in [2.24, 2.45) is 5.41 Å². The molecule has 0 saturated carbocycles. The lowest BCUT2D eigenvalue weighted by Gasteiger charge is -2.27. The van der Waals surface area contributed by atoms with Crippen molar-refractivity contribution in [2.45, 2.75) is 72.5 Å². The van der Waals surface area contributed by atoms with E-state index < -0.39 is 54.3 Å². The summed E-state index contributed by atoms with van der Waals surface area (Å²) in [5, 5.41) is 0. The number of hydrogen-bond acceptors (Lipinski definition) is 11. The molecule has 0 aliphatic rings. The van der Waals surface area contributed by atoms with Gasteiger partial charge in [0, 0.05) is 13.3 Å². The molecular weight excluding hydrogens is 490 g/mol. The molecule has 0 aromatic rings. The van der Waals surface area contributed by atoms with Gasteiger partial charge in [0.2, 0.25) is 0 Å². The molecule has 0 bridgehead atoms. The number of hydrogen-bond donors (Lipinski definition) is 0. The third-order valence-electron chi connectivity index (χ3n) is 5.02. The summed E-state index contributed by atoms with van der Waals surface area (Å²) in [6.45, 7) is 7.39. The maximum Gasteiger partial charge on any atom is 0.509 e. The summed E-state index contributed by atoms with van der Waals surface area (Å²) >= 11 is 0. The molecule has 0 aromatic carbocycles. The van der Waals surface area contributed by atoms with E-state index in [1.807, 2.05) is 28.1 Å². The molecule has 0 aliphatic carbocycles. The van der Waals surface area contributed by atoms with Crippen molar-refractivity contribution in [1.29, 1.82) is 0 Å². The smallest absolute Gasteiger partial charge is 0.465 e. The highest BCUT2D eigenvalue weighted by molar-refractivity contribution is 5.82. The molecule has 0 spiro atoms. The van der Waals surface area contributed by atoms with E-state index >= 15 is 0 Å². The van der Waals surface area contributed by atoms with Crippen molar-refractivity contribution < 1.29 is 56.9 Å². The summed E-state index contributed by atoms with van der Waals surface area (Å²) < 4.78 is 30.9. The van der Waals surface area contributed by atoms with Gasteiger partial charge >= 0.3 is 30.0 Å². The minimum atomic E-state index is -1.50. The van der Waals surface area contributed by atoms with E-state index in [1.54, 1.807) is 0 Å². The first-order chi connectivity index (χ1) is 17.1. The number of rotatable bonds is 17. The molecule has 0 N–H and O–H groups in total. The lowest BCUT2D eigenvalue weighted by molar-refractivity contribution is -0.870. The van der Waals surface area contributed by atoms with E-state index in [0.717, 1.165) is 19.4 Å². The van der Waals surface area contributed by atoms with Gasteiger partial charge in [-0.2, -0.15) is 0 Å².